The second kappa shape index (κ2) is 8.50. The molecule has 0 aliphatic heterocycles. The molecule has 0 spiro atoms. The normalized spacial score (nSPS) is 10.5. The van der Waals surface area contributed by atoms with E-state index in [0.29, 0.717) is 13.2 Å². The highest BCUT2D eigenvalue weighted by Gasteiger charge is 2.06. The van der Waals surface area contributed by atoms with Crippen molar-refractivity contribution in [2.24, 2.45) is 0 Å². The Hall–Kier alpha value is -1.59. The highest BCUT2D eigenvalue weighted by atomic mass is 16.5. The summed E-state index contributed by atoms with van der Waals surface area (Å²) < 4.78 is 10.0. The van der Waals surface area contributed by atoms with Gasteiger partial charge in [-0.2, -0.15) is 0 Å². The molecular formula is C14H22N2O3. The number of hydrogen-bond donors (Lipinski definition) is 1. The molecule has 0 aliphatic rings. The summed E-state index contributed by atoms with van der Waals surface area (Å²) in [6.45, 7) is 1.92. The fraction of sp³-hybridized carbons (Fsp3) is 0.500. The van der Waals surface area contributed by atoms with Gasteiger partial charge in [0.1, 0.15) is 5.75 Å². The van der Waals surface area contributed by atoms with Gasteiger partial charge < -0.3 is 14.8 Å². The van der Waals surface area contributed by atoms with Crippen molar-refractivity contribution in [1.29, 1.82) is 0 Å². The third-order valence-electron chi connectivity index (χ3n) is 2.68. The van der Waals surface area contributed by atoms with Gasteiger partial charge in [-0.25, -0.2) is 0 Å². The molecule has 0 saturated heterocycles. The summed E-state index contributed by atoms with van der Waals surface area (Å²) in [5.74, 6) is 0.750. The van der Waals surface area contributed by atoms with E-state index in [1.54, 1.807) is 14.2 Å². The van der Waals surface area contributed by atoms with E-state index in [1.165, 1.54) is 0 Å². The summed E-state index contributed by atoms with van der Waals surface area (Å²) in [4.78, 5) is 13.8. The van der Waals surface area contributed by atoms with Crippen molar-refractivity contribution >= 4 is 11.6 Å². The Bertz CT molecular complexity index is 379. The average Bonchev–Trinajstić information content (AvgIpc) is 2.39. The third-order valence-corrected chi connectivity index (χ3v) is 2.68. The molecule has 0 fully saturated rings. The molecule has 0 aliphatic carbocycles. The first kappa shape index (κ1) is 15.5. The van der Waals surface area contributed by atoms with Crippen molar-refractivity contribution in [3.63, 3.8) is 0 Å². The Morgan fingerprint density at radius 3 is 2.53 bits per heavy atom. The van der Waals surface area contributed by atoms with Crippen molar-refractivity contribution in [1.82, 2.24) is 4.90 Å². The Kier molecular flexibility index (Phi) is 6.92. The van der Waals surface area contributed by atoms with Crippen LogP contribution in [-0.4, -0.2) is 51.8 Å². The van der Waals surface area contributed by atoms with Crippen LogP contribution in [0, 0.1) is 0 Å². The number of likely N-dealkylation sites (N-methyl/N-ethyl adjacent to an activating group) is 1. The number of hydrogen-bond acceptors (Lipinski definition) is 4. The van der Waals surface area contributed by atoms with E-state index in [0.717, 1.165) is 24.4 Å². The van der Waals surface area contributed by atoms with Crippen LogP contribution in [-0.2, 0) is 9.53 Å². The first-order chi connectivity index (χ1) is 9.15. The maximum atomic E-state index is 11.8. The Labute approximate surface area is 114 Å². The van der Waals surface area contributed by atoms with E-state index in [9.17, 15) is 4.79 Å². The van der Waals surface area contributed by atoms with Crippen LogP contribution in [0.4, 0.5) is 5.69 Å². The lowest BCUT2D eigenvalue weighted by molar-refractivity contribution is -0.117. The highest BCUT2D eigenvalue weighted by molar-refractivity contribution is 5.92. The largest absolute Gasteiger partial charge is 0.497 e. The van der Waals surface area contributed by atoms with Crippen molar-refractivity contribution in [2.45, 2.75) is 6.42 Å². The van der Waals surface area contributed by atoms with Crippen molar-refractivity contribution in [2.75, 3.05) is 46.3 Å². The maximum absolute atomic E-state index is 11.8. The lowest BCUT2D eigenvalue weighted by Gasteiger charge is -2.16. The molecule has 1 aromatic carbocycles. The van der Waals surface area contributed by atoms with Gasteiger partial charge in [-0.15, -0.1) is 0 Å². The number of anilines is 1. The number of benzene rings is 1. The summed E-state index contributed by atoms with van der Waals surface area (Å²) >= 11 is 0. The van der Waals surface area contributed by atoms with Crippen molar-refractivity contribution in [3.05, 3.63) is 24.3 Å². The van der Waals surface area contributed by atoms with E-state index >= 15 is 0 Å². The van der Waals surface area contributed by atoms with Gasteiger partial charge in [0.05, 0.1) is 13.7 Å². The number of carbonyl (C=O) groups excluding carboxylic acids is 1. The standard InChI is InChI=1S/C14H22N2O3/c1-16(9-4-10-18-2)11-14(17)15-12-5-7-13(19-3)8-6-12/h5-8H,4,9-11H2,1-3H3,(H,15,17). The summed E-state index contributed by atoms with van der Waals surface area (Å²) in [6.07, 6.45) is 0.919. The molecule has 0 atom stereocenters. The van der Waals surface area contributed by atoms with Gasteiger partial charge in [0.2, 0.25) is 5.91 Å². The first-order valence-corrected chi connectivity index (χ1v) is 6.27. The molecule has 1 N–H and O–H groups in total. The van der Waals surface area contributed by atoms with E-state index in [1.807, 2.05) is 36.2 Å². The number of methoxy groups -OCH3 is 2. The van der Waals surface area contributed by atoms with Gasteiger partial charge in [-0.3, -0.25) is 9.69 Å². The van der Waals surface area contributed by atoms with Gasteiger partial charge in [0.25, 0.3) is 0 Å². The summed E-state index contributed by atoms with van der Waals surface area (Å²) in [6, 6.07) is 7.28. The van der Waals surface area contributed by atoms with E-state index in [2.05, 4.69) is 5.32 Å². The fourth-order valence-electron chi connectivity index (χ4n) is 1.68. The Morgan fingerprint density at radius 2 is 1.95 bits per heavy atom. The van der Waals surface area contributed by atoms with Crippen molar-refractivity contribution in [3.8, 4) is 5.75 Å². The minimum atomic E-state index is -0.0231. The number of nitrogens with one attached hydrogen (secondary N) is 1. The maximum Gasteiger partial charge on any atom is 0.238 e. The van der Waals surface area contributed by atoms with Crippen LogP contribution in [0.1, 0.15) is 6.42 Å². The van der Waals surface area contributed by atoms with Crippen LogP contribution in [0.25, 0.3) is 0 Å². The second-order valence-corrected chi connectivity index (χ2v) is 4.36. The lowest BCUT2D eigenvalue weighted by Crippen LogP contribution is -2.31. The molecule has 0 saturated carbocycles. The molecule has 106 valence electrons. The zero-order valence-corrected chi connectivity index (χ0v) is 11.8. The number of amides is 1. The van der Waals surface area contributed by atoms with Gasteiger partial charge in [0.15, 0.2) is 0 Å². The van der Waals surface area contributed by atoms with Gasteiger partial charge >= 0.3 is 0 Å². The molecule has 5 nitrogen and oxygen atoms in total. The molecule has 1 rings (SSSR count). The predicted octanol–water partition coefficient (Wildman–Crippen LogP) is 1.60. The SMILES string of the molecule is COCCCN(C)CC(=O)Nc1ccc(OC)cc1. The van der Waals surface area contributed by atoms with Gasteiger partial charge in [-0.1, -0.05) is 0 Å². The molecule has 5 heteroatoms. The molecule has 0 radical (unpaired) electrons. The predicted molar refractivity (Wildman–Crippen MR) is 75.6 cm³/mol. The van der Waals surface area contributed by atoms with E-state index in [-0.39, 0.29) is 5.91 Å². The van der Waals surface area contributed by atoms with Crippen LogP contribution in [0.3, 0.4) is 0 Å². The fourth-order valence-corrected chi connectivity index (χ4v) is 1.68. The smallest absolute Gasteiger partial charge is 0.238 e. The number of rotatable bonds is 8. The van der Waals surface area contributed by atoms with Crippen molar-refractivity contribution < 1.29 is 14.3 Å². The highest BCUT2D eigenvalue weighted by Crippen LogP contribution is 2.14. The zero-order chi connectivity index (χ0) is 14.1. The number of nitrogens with zero attached hydrogens (tertiary/aromatic N) is 1. The topological polar surface area (TPSA) is 50.8 Å². The van der Waals surface area contributed by atoms with Crippen LogP contribution < -0.4 is 10.1 Å². The first-order valence-electron chi connectivity index (χ1n) is 6.27. The number of ether oxygens (including phenoxy) is 2. The monoisotopic (exact) mass is 266 g/mol. The molecule has 0 heterocycles. The van der Waals surface area contributed by atoms with Gasteiger partial charge in [-0.05, 0) is 37.7 Å². The summed E-state index contributed by atoms with van der Waals surface area (Å²) in [5, 5.41) is 2.85. The third kappa shape index (κ3) is 6.22. The van der Waals surface area contributed by atoms with Crippen LogP contribution in [0.15, 0.2) is 24.3 Å². The summed E-state index contributed by atoms with van der Waals surface area (Å²) in [5.41, 5.74) is 0.774. The van der Waals surface area contributed by atoms with Crippen LogP contribution in [0.5, 0.6) is 5.75 Å². The molecule has 19 heavy (non-hydrogen) atoms. The van der Waals surface area contributed by atoms with Crippen LogP contribution in [0.2, 0.25) is 0 Å². The second-order valence-electron chi connectivity index (χ2n) is 4.36. The van der Waals surface area contributed by atoms with E-state index < -0.39 is 0 Å². The average molecular weight is 266 g/mol. The Balaban J connectivity index is 2.33. The lowest BCUT2D eigenvalue weighted by atomic mass is 10.3. The number of carbonyl (C=O) groups is 1. The molecular weight excluding hydrogens is 244 g/mol. The minimum absolute atomic E-state index is 0.0231. The molecule has 1 amide bonds. The minimum Gasteiger partial charge on any atom is -0.497 e. The zero-order valence-electron chi connectivity index (χ0n) is 11.8. The molecule has 0 bridgehead atoms. The molecule has 0 unspecified atom stereocenters. The van der Waals surface area contributed by atoms with E-state index in [4.69, 9.17) is 9.47 Å². The molecule has 1 aromatic rings. The Morgan fingerprint density at radius 1 is 1.26 bits per heavy atom. The summed E-state index contributed by atoms with van der Waals surface area (Å²) in [7, 11) is 5.21. The quantitative estimate of drug-likeness (QED) is 0.726. The van der Waals surface area contributed by atoms with Crippen LogP contribution >= 0.6 is 0 Å². The van der Waals surface area contributed by atoms with Gasteiger partial charge in [0, 0.05) is 25.9 Å². The molecule has 0 aromatic heterocycles.